The SMILES string of the molecule is CCC(C(N)=NO)N(C)C(C)C(C)C. The van der Waals surface area contributed by atoms with Crippen molar-refractivity contribution in [2.45, 2.75) is 46.2 Å². The summed E-state index contributed by atoms with van der Waals surface area (Å²) in [6.07, 6.45) is 0.851. The lowest BCUT2D eigenvalue weighted by Crippen LogP contribution is -2.48. The summed E-state index contributed by atoms with van der Waals surface area (Å²) in [5.74, 6) is 0.850. The molecule has 0 aliphatic heterocycles. The van der Waals surface area contributed by atoms with Gasteiger partial charge in [0.15, 0.2) is 5.84 Å². The Kier molecular flexibility index (Phi) is 5.53. The minimum absolute atomic E-state index is 0.0254. The lowest BCUT2D eigenvalue weighted by Gasteiger charge is -2.33. The van der Waals surface area contributed by atoms with Crippen molar-refractivity contribution in [3.8, 4) is 0 Å². The van der Waals surface area contributed by atoms with Gasteiger partial charge in [0.1, 0.15) is 0 Å². The summed E-state index contributed by atoms with van der Waals surface area (Å²) in [7, 11) is 2.01. The summed E-state index contributed by atoms with van der Waals surface area (Å²) in [6, 6.07) is 0.442. The first-order valence-corrected chi connectivity index (χ1v) is 5.15. The fourth-order valence-electron chi connectivity index (χ4n) is 1.53. The van der Waals surface area contributed by atoms with E-state index >= 15 is 0 Å². The molecule has 0 aliphatic carbocycles. The van der Waals surface area contributed by atoms with Crippen molar-refractivity contribution in [1.82, 2.24) is 4.90 Å². The van der Waals surface area contributed by atoms with Gasteiger partial charge < -0.3 is 10.9 Å². The van der Waals surface area contributed by atoms with E-state index in [0.717, 1.165) is 6.42 Å². The van der Waals surface area contributed by atoms with E-state index in [2.05, 4.69) is 30.8 Å². The van der Waals surface area contributed by atoms with E-state index in [1.807, 2.05) is 14.0 Å². The lowest BCUT2D eigenvalue weighted by molar-refractivity contribution is 0.175. The fourth-order valence-corrected chi connectivity index (χ4v) is 1.53. The van der Waals surface area contributed by atoms with Crippen LogP contribution >= 0.6 is 0 Å². The first kappa shape index (κ1) is 13.2. The molecule has 3 N–H and O–H groups in total. The van der Waals surface area contributed by atoms with Crippen molar-refractivity contribution >= 4 is 5.84 Å². The fraction of sp³-hybridized carbons (Fsp3) is 0.900. The summed E-state index contributed by atoms with van der Waals surface area (Å²) in [5, 5.41) is 11.7. The highest BCUT2D eigenvalue weighted by Crippen LogP contribution is 2.13. The van der Waals surface area contributed by atoms with Crippen LogP contribution in [0.5, 0.6) is 0 Å². The molecule has 4 nitrogen and oxygen atoms in total. The van der Waals surface area contributed by atoms with E-state index in [1.165, 1.54) is 0 Å². The second-order valence-electron chi connectivity index (χ2n) is 4.10. The Morgan fingerprint density at radius 3 is 2.21 bits per heavy atom. The molecule has 0 bridgehead atoms. The Morgan fingerprint density at radius 1 is 1.43 bits per heavy atom. The zero-order valence-corrected chi connectivity index (χ0v) is 9.86. The number of amidine groups is 1. The highest BCUT2D eigenvalue weighted by Gasteiger charge is 2.23. The van der Waals surface area contributed by atoms with Gasteiger partial charge in [-0.15, -0.1) is 0 Å². The number of likely N-dealkylation sites (N-methyl/N-ethyl adjacent to an activating group) is 1. The standard InChI is InChI=1S/C10H23N3O/c1-6-9(10(11)12-14)13(5)8(4)7(2)3/h7-9,14H,6H2,1-5H3,(H2,11,12). The van der Waals surface area contributed by atoms with Crippen LogP contribution in [0, 0.1) is 5.92 Å². The summed E-state index contributed by atoms with van der Waals surface area (Å²) in [4.78, 5) is 2.15. The number of hydrogen-bond acceptors (Lipinski definition) is 3. The molecule has 0 rings (SSSR count). The van der Waals surface area contributed by atoms with Crippen LogP contribution in [0.3, 0.4) is 0 Å². The van der Waals surface area contributed by atoms with Gasteiger partial charge in [-0.2, -0.15) is 0 Å². The third kappa shape index (κ3) is 3.18. The molecule has 0 aromatic rings. The molecule has 14 heavy (non-hydrogen) atoms. The van der Waals surface area contributed by atoms with Gasteiger partial charge in [0.2, 0.25) is 0 Å². The molecule has 0 amide bonds. The molecule has 0 aliphatic rings. The molecule has 2 atom stereocenters. The number of nitrogens with two attached hydrogens (primary N) is 1. The predicted molar refractivity (Wildman–Crippen MR) is 59.6 cm³/mol. The van der Waals surface area contributed by atoms with E-state index in [4.69, 9.17) is 10.9 Å². The van der Waals surface area contributed by atoms with Gasteiger partial charge in [-0.1, -0.05) is 25.9 Å². The summed E-state index contributed by atoms with van der Waals surface area (Å²) in [5.41, 5.74) is 5.62. The second kappa shape index (κ2) is 5.86. The zero-order valence-electron chi connectivity index (χ0n) is 9.86. The number of hydrogen-bond donors (Lipinski definition) is 2. The molecule has 0 heterocycles. The van der Waals surface area contributed by atoms with Gasteiger partial charge >= 0.3 is 0 Å². The minimum atomic E-state index is 0.0254. The highest BCUT2D eigenvalue weighted by molar-refractivity contribution is 5.85. The van der Waals surface area contributed by atoms with Gasteiger partial charge in [0, 0.05) is 6.04 Å². The molecule has 0 fully saturated rings. The first-order valence-electron chi connectivity index (χ1n) is 5.15. The topological polar surface area (TPSA) is 61.9 Å². The smallest absolute Gasteiger partial charge is 0.156 e. The first-order chi connectivity index (χ1) is 6.45. The number of oxime groups is 1. The lowest BCUT2D eigenvalue weighted by atomic mass is 10.0. The van der Waals surface area contributed by atoms with E-state index in [0.29, 0.717) is 17.8 Å². The van der Waals surface area contributed by atoms with Crippen molar-refractivity contribution in [3.05, 3.63) is 0 Å². The van der Waals surface area contributed by atoms with Crippen LogP contribution < -0.4 is 5.73 Å². The zero-order chi connectivity index (χ0) is 11.3. The van der Waals surface area contributed by atoms with Crippen LogP contribution in [0.4, 0.5) is 0 Å². The van der Waals surface area contributed by atoms with Crippen LogP contribution in [-0.2, 0) is 0 Å². The van der Waals surface area contributed by atoms with E-state index in [9.17, 15) is 0 Å². The molecule has 2 unspecified atom stereocenters. The monoisotopic (exact) mass is 201 g/mol. The van der Waals surface area contributed by atoms with Gasteiger partial charge in [-0.3, -0.25) is 4.90 Å². The Labute approximate surface area is 86.8 Å². The number of rotatable bonds is 5. The maximum Gasteiger partial charge on any atom is 0.156 e. The van der Waals surface area contributed by atoms with Crippen LogP contribution in [0.2, 0.25) is 0 Å². The molecule has 0 saturated carbocycles. The Bertz CT molecular complexity index is 192. The molecular weight excluding hydrogens is 178 g/mol. The molecule has 0 radical (unpaired) electrons. The van der Waals surface area contributed by atoms with Crippen LogP contribution in [0.25, 0.3) is 0 Å². The van der Waals surface area contributed by atoms with E-state index in [1.54, 1.807) is 0 Å². The summed E-state index contributed by atoms with van der Waals surface area (Å²) in [6.45, 7) is 8.52. The van der Waals surface area contributed by atoms with Gasteiger partial charge in [0.05, 0.1) is 6.04 Å². The normalized spacial score (nSPS) is 17.5. The third-order valence-corrected chi connectivity index (χ3v) is 2.94. The maximum absolute atomic E-state index is 8.64. The van der Waals surface area contributed by atoms with Gasteiger partial charge in [-0.05, 0) is 26.3 Å². The third-order valence-electron chi connectivity index (χ3n) is 2.94. The van der Waals surface area contributed by atoms with Crippen LogP contribution in [0.1, 0.15) is 34.1 Å². The van der Waals surface area contributed by atoms with E-state index in [-0.39, 0.29) is 6.04 Å². The Morgan fingerprint density at radius 2 is 1.93 bits per heavy atom. The van der Waals surface area contributed by atoms with Crippen LogP contribution in [0.15, 0.2) is 5.16 Å². The number of nitrogens with zero attached hydrogens (tertiary/aromatic N) is 2. The van der Waals surface area contributed by atoms with Crippen molar-refractivity contribution < 1.29 is 5.21 Å². The highest BCUT2D eigenvalue weighted by atomic mass is 16.4. The molecule has 0 saturated heterocycles. The molecule has 84 valence electrons. The molecule has 0 aromatic carbocycles. The predicted octanol–water partition coefficient (Wildman–Crippen LogP) is 1.49. The largest absolute Gasteiger partial charge is 0.409 e. The van der Waals surface area contributed by atoms with Gasteiger partial charge in [0.25, 0.3) is 0 Å². The Hall–Kier alpha value is -0.770. The molecule has 0 aromatic heterocycles. The molecule has 4 heteroatoms. The Balaban J connectivity index is 4.53. The molecular formula is C10H23N3O. The summed E-state index contributed by atoms with van der Waals surface area (Å²) >= 11 is 0. The van der Waals surface area contributed by atoms with E-state index < -0.39 is 0 Å². The van der Waals surface area contributed by atoms with Crippen LogP contribution in [-0.4, -0.2) is 35.1 Å². The van der Waals surface area contributed by atoms with Crippen molar-refractivity contribution in [3.63, 3.8) is 0 Å². The summed E-state index contributed by atoms with van der Waals surface area (Å²) < 4.78 is 0. The quantitative estimate of drug-likeness (QED) is 0.306. The average Bonchev–Trinajstić information content (AvgIpc) is 2.16. The second-order valence-corrected chi connectivity index (χ2v) is 4.10. The maximum atomic E-state index is 8.64. The average molecular weight is 201 g/mol. The van der Waals surface area contributed by atoms with Crippen molar-refractivity contribution in [2.75, 3.05) is 7.05 Å². The van der Waals surface area contributed by atoms with Crippen molar-refractivity contribution in [2.24, 2.45) is 16.8 Å². The van der Waals surface area contributed by atoms with Crippen molar-refractivity contribution in [1.29, 1.82) is 0 Å². The minimum Gasteiger partial charge on any atom is -0.409 e. The molecule has 0 spiro atoms. The van der Waals surface area contributed by atoms with Gasteiger partial charge in [-0.25, -0.2) is 0 Å².